The molecule has 70 heavy (non-hydrogen) atoms. The highest BCUT2D eigenvalue weighted by Gasteiger charge is 2.54. The highest BCUT2D eigenvalue weighted by molar-refractivity contribution is 9.10. The van der Waals surface area contributed by atoms with Crippen LogP contribution in [0.5, 0.6) is 0 Å². The van der Waals surface area contributed by atoms with Crippen LogP contribution in [0.25, 0.3) is 66.3 Å². The highest BCUT2D eigenvalue weighted by Crippen LogP contribution is 2.38. The zero-order chi connectivity index (χ0) is 49.7. The molecule has 0 amide bonds. The molecule has 0 saturated carbocycles. The second-order valence-corrected chi connectivity index (χ2v) is 20.7. The van der Waals surface area contributed by atoms with Gasteiger partial charge in [-0.3, -0.25) is 15.0 Å². The minimum atomic E-state index is -0.523. The molecule has 0 atom stereocenters. The van der Waals surface area contributed by atoms with Crippen molar-refractivity contribution < 1.29 is 45.4 Å². The average molecular weight is 1050 g/mol. The summed E-state index contributed by atoms with van der Waals surface area (Å²) in [4.78, 5) is 21.3. The van der Waals surface area contributed by atoms with E-state index in [1.165, 1.54) is 11.3 Å². The molecule has 0 unspecified atom stereocenters. The van der Waals surface area contributed by atoms with Crippen LogP contribution >= 0.6 is 38.6 Å². The number of halogens is 1. The van der Waals surface area contributed by atoms with Crippen molar-refractivity contribution >= 4 is 92.0 Å². The molecule has 2 aliphatic rings. The molecule has 0 spiro atoms. The third-order valence-corrected chi connectivity index (χ3v) is 14.0. The Morgan fingerprint density at radius 1 is 0.543 bits per heavy atom. The van der Waals surface area contributed by atoms with E-state index in [1.54, 1.807) is 48.7 Å². The number of thiazole rings is 2. The van der Waals surface area contributed by atoms with Crippen LogP contribution in [0.4, 0.5) is 0 Å². The van der Waals surface area contributed by atoms with Gasteiger partial charge in [-0.05, 0) is 146 Å². The molecule has 10 aromatic heterocycles. The summed E-state index contributed by atoms with van der Waals surface area (Å²) in [5, 5.41) is 5.63. The summed E-state index contributed by atoms with van der Waals surface area (Å²) in [6.07, 6.45) is 10.3. The van der Waals surface area contributed by atoms with Crippen molar-refractivity contribution in [3.8, 4) is 33.0 Å². The van der Waals surface area contributed by atoms with E-state index in [2.05, 4.69) is 40.8 Å². The van der Waals surface area contributed by atoms with Crippen molar-refractivity contribution in [1.82, 2.24) is 24.9 Å². The second-order valence-electron chi connectivity index (χ2n) is 18.1. The van der Waals surface area contributed by atoms with Gasteiger partial charge in [-0.2, -0.15) is 0 Å². The van der Waals surface area contributed by atoms with Gasteiger partial charge >= 0.3 is 14.4 Å². The van der Waals surface area contributed by atoms with Crippen LogP contribution in [0.3, 0.4) is 0 Å². The molecule has 0 aliphatic carbocycles. The van der Waals surface area contributed by atoms with Crippen LogP contribution in [0.1, 0.15) is 69.2 Å². The summed E-state index contributed by atoms with van der Waals surface area (Å²) >= 11 is 6.36. The highest BCUT2D eigenvalue weighted by atomic mass is 79.9. The Balaban J connectivity index is 0.000000121. The first-order valence-electron chi connectivity index (χ1n) is 22.3. The van der Waals surface area contributed by atoms with Crippen LogP contribution in [-0.4, -0.2) is 67.9 Å². The summed E-state index contributed by atoms with van der Waals surface area (Å²) in [6, 6.07) is 24.3. The summed E-state index contributed by atoms with van der Waals surface area (Å²) in [7, 11) is -0.991. The minimum absolute atomic E-state index is 0.120. The monoisotopic (exact) mass is 1050 g/mol. The van der Waals surface area contributed by atoms with Crippen LogP contribution in [0, 0.1) is 0 Å². The van der Waals surface area contributed by atoms with Gasteiger partial charge in [0.2, 0.25) is 0 Å². The lowest BCUT2D eigenvalue weighted by Crippen LogP contribution is -2.41. The van der Waals surface area contributed by atoms with Crippen molar-refractivity contribution in [3.05, 3.63) is 132 Å². The summed E-state index contributed by atoms with van der Waals surface area (Å²) in [5.74, 6) is 2.31. The van der Waals surface area contributed by atoms with Gasteiger partial charge in [-0.1, -0.05) is 0 Å². The van der Waals surface area contributed by atoms with Crippen LogP contribution < -0.4 is 5.66 Å². The Kier molecular flexibility index (Phi) is 15.4. The second kappa shape index (κ2) is 21.3. The molecule has 362 valence electrons. The first kappa shape index (κ1) is 50.7. The van der Waals surface area contributed by atoms with E-state index in [1.807, 2.05) is 159 Å². The molecule has 12 rings (SSSR count). The van der Waals surface area contributed by atoms with Gasteiger partial charge in [-0.25, -0.2) is 9.97 Å². The Labute approximate surface area is 422 Å². The van der Waals surface area contributed by atoms with E-state index in [0.29, 0.717) is 5.66 Å². The fraction of sp³-hybridized carbons (Fsp3) is 0.300. The summed E-state index contributed by atoms with van der Waals surface area (Å²) in [5.41, 5.74) is 5.10. The molecular weight excluding hydrogens is 996 g/mol. The molecule has 2 fully saturated rings. The maximum absolute atomic E-state index is 5.94. The standard InChI is InChI=1S/C14H8N2O2S.C13H16BNO3.C9H19BO3.C7H4BrNOS.C7H5NO/c1-3-11-9(15-5-1)7-13(18-11)10-8-19-14(16-10)12-4-2-6-17-12;1-12(2)13(3,4)18-14(17-12)11-8-9-10(16-11)6-5-7-15-9;1-7(2)11-10-12-8(3,4)9(5,6)13-10;8-6-4-11-7(9-6)5-2-1-3-10-5;1-2-7-6(8-4-1)3-5-9-7/h1-8H;5-8H,1-4H3;7H,1-6H3;1-4H;1-5H. The number of furan rings is 5. The van der Waals surface area contributed by atoms with Crippen molar-refractivity contribution in [2.24, 2.45) is 0 Å². The van der Waals surface area contributed by atoms with E-state index in [0.717, 1.165) is 70.9 Å². The number of fused-ring (bicyclic) bond motifs is 3. The minimum Gasteiger partial charge on any atom is -0.463 e. The molecule has 0 aromatic carbocycles. The zero-order valence-corrected chi connectivity index (χ0v) is 43.6. The lowest BCUT2D eigenvalue weighted by atomic mass is 9.86. The van der Waals surface area contributed by atoms with Crippen molar-refractivity contribution in [2.45, 2.75) is 97.7 Å². The molecule has 10 aromatic rings. The van der Waals surface area contributed by atoms with E-state index >= 15 is 0 Å². The topological polar surface area (TPSA) is 176 Å². The smallest absolute Gasteiger partial charge is 0.463 e. The van der Waals surface area contributed by atoms with Gasteiger partial charge in [0.15, 0.2) is 44.0 Å². The molecular formula is C50H52B2BrN5O10S2. The van der Waals surface area contributed by atoms with Crippen LogP contribution in [0.2, 0.25) is 0 Å². The Morgan fingerprint density at radius 3 is 1.59 bits per heavy atom. The molecule has 0 radical (unpaired) electrons. The van der Waals surface area contributed by atoms with E-state index < -0.39 is 14.4 Å². The van der Waals surface area contributed by atoms with Crippen molar-refractivity contribution in [2.75, 3.05) is 0 Å². The molecule has 15 nitrogen and oxygen atoms in total. The summed E-state index contributed by atoms with van der Waals surface area (Å²) < 4.78 is 56.4. The van der Waals surface area contributed by atoms with Gasteiger partial charge in [0.25, 0.3) is 0 Å². The zero-order valence-electron chi connectivity index (χ0n) is 40.4. The van der Waals surface area contributed by atoms with E-state index in [9.17, 15) is 0 Å². The molecule has 2 saturated heterocycles. The van der Waals surface area contributed by atoms with Crippen molar-refractivity contribution in [3.63, 3.8) is 0 Å². The maximum Gasteiger partial charge on any atom is 0.640 e. The number of hydrogen-bond donors (Lipinski definition) is 0. The average Bonchev–Trinajstić information content (AvgIpc) is 4.16. The summed E-state index contributed by atoms with van der Waals surface area (Å²) in [6.45, 7) is 20.1. The number of rotatable bonds is 6. The van der Waals surface area contributed by atoms with Gasteiger partial charge in [0, 0.05) is 53.7 Å². The van der Waals surface area contributed by atoms with Crippen molar-refractivity contribution in [1.29, 1.82) is 0 Å². The fourth-order valence-electron chi connectivity index (χ4n) is 6.49. The Bertz CT molecular complexity index is 3090. The lowest BCUT2D eigenvalue weighted by molar-refractivity contribution is 0.00578. The predicted octanol–water partition coefficient (Wildman–Crippen LogP) is 13.3. The molecule has 0 bridgehead atoms. The van der Waals surface area contributed by atoms with Crippen LogP contribution in [0.15, 0.2) is 154 Å². The lowest BCUT2D eigenvalue weighted by Gasteiger charge is -2.32. The quantitative estimate of drug-likeness (QED) is 0.144. The van der Waals surface area contributed by atoms with Gasteiger partial charge in [0.1, 0.15) is 32.5 Å². The van der Waals surface area contributed by atoms with Gasteiger partial charge < -0.3 is 45.4 Å². The third-order valence-electron chi connectivity index (χ3n) is 11.6. The Hall–Kier alpha value is -5.70. The molecule has 20 heteroatoms. The maximum atomic E-state index is 5.94. The predicted molar refractivity (Wildman–Crippen MR) is 276 cm³/mol. The number of hydrogen-bond acceptors (Lipinski definition) is 17. The van der Waals surface area contributed by atoms with E-state index in [-0.39, 0.29) is 28.5 Å². The largest absolute Gasteiger partial charge is 0.640 e. The number of nitrogens with zero attached hydrogens (tertiary/aromatic N) is 5. The Morgan fingerprint density at radius 2 is 1.07 bits per heavy atom. The molecule has 0 N–H and O–H groups in total. The molecule has 12 heterocycles. The normalized spacial score (nSPS) is 16.3. The van der Waals surface area contributed by atoms with Gasteiger partial charge in [0.05, 0.1) is 41.2 Å². The fourth-order valence-corrected chi connectivity index (χ4v) is 8.49. The van der Waals surface area contributed by atoms with E-state index in [4.69, 9.17) is 45.4 Å². The van der Waals surface area contributed by atoms with Gasteiger partial charge in [-0.15, -0.1) is 22.7 Å². The SMILES string of the molecule is Brc1csc(-c2ccco2)n1.CC(C)OB1OC(C)(C)C(C)(C)O1.CC1(C)OB(c2cc3ncccc3o2)OC1(C)C.c1cnc2ccoc2c1.c1coc(-c2nc(-c3cc4ncccc4o3)cs2)c1. The number of pyridine rings is 3. The first-order chi connectivity index (χ1) is 33.4. The number of aromatic nitrogens is 5. The first-order valence-corrected chi connectivity index (χ1v) is 24.9. The third kappa shape index (κ3) is 12.1. The van der Waals surface area contributed by atoms with Crippen LogP contribution in [-0.2, 0) is 23.3 Å². The molecule has 2 aliphatic heterocycles.